The first kappa shape index (κ1) is 13.8. The predicted octanol–water partition coefficient (Wildman–Crippen LogP) is 1.09. The number of carbonyl (C=O) groups is 1. The molecule has 0 aliphatic heterocycles. The standard InChI is InChI=1S/C10H18ClNO3S/c1-16(14,15)7-9(13)12-10(8-11)5-3-2-4-6-10/h2-8H2,1H3,(H,12,13). The lowest BCUT2D eigenvalue weighted by Gasteiger charge is -2.36. The van der Waals surface area contributed by atoms with Gasteiger partial charge in [-0.05, 0) is 12.8 Å². The highest BCUT2D eigenvalue weighted by Crippen LogP contribution is 2.29. The van der Waals surface area contributed by atoms with Crippen molar-refractivity contribution >= 4 is 27.3 Å². The van der Waals surface area contributed by atoms with E-state index in [9.17, 15) is 13.2 Å². The van der Waals surface area contributed by atoms with Crippen LogP contribution in [-0.2, 0) is 14.6 Å². The Morgan fingerprint density at radius 2 is 1.88 bits per heavy atom. The zero-order valence-corrected chi connectivity index (χ0v) is 11.0. The van der Waals surface area contributed by atoms with Crippen LogP contribution >= 0.6 is 11.6 Å². The van der Waals surface area contributed by atoms with E-state index in [1.807, 2.05) is 0 Å². The molecule has 0 heterocycles. The lowest BCUT2D eigenvalue weighted by Crippen LogP contribution is -2.52. The molecule has 0 radical (unpaired) electrons. The molecule has 0 unspecified atom stereocenters. The number of sulfone groups is 1. The van der Waals surface area contributed by atoms with Crippen molar-refractivity contribution in [2.75, 3.05) is 17.9 Å². The highest BCUT2D eigenvalue weighted by Gasteiger charge is 2.33. The lowest BCUT2D eigenvalue weighted by molar-refractivity contribution is -0.120. The lowest BCUT2D eigenvalue weighted by atomic mass is 9.83. The van der Waals surface area contributed by atoms with E-state index in [4.69, 9.17) is 11.6 Å². The van der Waals surface area contributed by atoms with Gasteiger partial charge in [-0.1, -0.05) is 19.3 Å². The molecule has 16 heavy (non-hydrogen) atoms. The molecule has 1 aliphatic rings. The van der Waals surface area contributed by atoms with Crippen LogP contribution < -0.4 is 5.32 Å². The smallest absolute Gasteiger partial charge is 0.235 e. The van der Waals surface area contributed by atoms with Crippen LogP contribution in [0.3, 0.4) is 0 Å². The van der Waals surface area contributed by atoms with Crippen molar-refractivity contribution in [1.29, 1.82) is 0 Å². The molecule has 0 aromatic rings. The predicted molar refractivity (Wildman–Crippen MR) is 64.4 cm³/mol. The van der Waals surface area contributed by atoms with Crippen LogP contribution in [0.1, 0.15) is 32.1 Å². The van der Waals surface area contributed by atoms with Gasteiger partial charge < -0.3 is 5.32 Å². The van der Waals surface area contributed by atoms with Gasteiger partial charge in [-0.3, -0.25) is 4.79 Å². The fourth-order valence-electron chi connectivity index (χ4n) is 2.09. The van der Waals surface area contributed by atoms with Gasteiger partial charge >= 0.3 is 0 Å². The molecular formula is C10H18ClNO3S. The Morgan fingerprint density at radius 3 is 2.31 bits per heavy atom. The largest absolute Gasteiger partial charge is 0.349 e. The van der Waals surface area contributed by atoms with E-state index in [2.05, 4.69) is 5.32 Å². The number of carbonyl (C=O) groups excluding carboxylic acids is 1. The van der Waals surface area contributed by atoms with Crippen molar-refractivity contribution in [3.63, 3.8) is 0 Å². The Morgan fingerprint density at radius 1 is 1.31 bits per heavy atom. The molecule has 1 N–H and O–H groups in total. The SMILES string of the molecule is CS(=O)(=O)CC(=O)NC1(CCl)CCCCC1. The average molecular weight is 268 g/mol. The van der Waals surface area contributed by atoms with Crippen LogP contribution in [-0.4, -0.2) is 37.8 Å². The normalized spacial score (nSPS) is 20.4. The molecule has 0 saturated heterocycles. The van der Waals surface area contributed by atoms with Crippen LogP contribution in [0.15, 0.2) is 0 Å². The molecular weight excluding hydrogens is 250 g/mol. The van der Waals surface area contributed by atoms with Gasteiger partial charge in [0.25, 0.3) is 0 Å². The first-order valence-electron chi connectivity index (χ1n) is 5.42. The van der Waals surface area contributed by atoms with E-state index in [0.717, 1.165) is 38.4 Å². The third-order valence-electron chi connectivity index (χ3n) is 2.86. The molecule has 1 rings (SSSR count). The maximum atomic E-state index is 11.5. The Bertz CT molecular complexity index is 347. The Hall–Kier alpha value is -0.290. The average Bonchev–Trinajstić information content (AvgIpc) is 2.16. The summed E-state index contributed by atoms with van der Waals surface area (Å²) in [5.74, 6) is -0.543. The number of hydrogen-bond acceptors (Lipinski definition) is 3. The molecule has 1 aliphatic carbocycles. The minimum Gasteiger partial charge on any atom is -0.349 e. The fourth-order valence-corrected chi connectivity index (χ4v) is 2.97. The highest BCUT2D eigenvalue weighted by atomic mass is 35.5. The zero-order chi connectivity index (χ0) is 12.2. The third-order valence-corrected chi connectivity index (χ3v) is 4.16. The minimum atomic E-state index is -3.26. The quantitative estimate of drug-likeness (QED) is 0.776. The fraction of sp³-hybridized carbons (Fsp3) is 0.900. The van der Waals surface area contributed by atoms with Crippen LogP contribution in [0.5, 0.6) is 0 Å². The van der Waals surface area contributed by atoms with Crippen molar-refractivity contribution < 1.29 is 13.2 Å². The maximum Gasteiger partial charge on any atom is 0.235 e. The summed E-state index contributed by atoms with van der Waals surface area (Å²) in [7, 11) is -3.26. The summed E-state index contributed by atoms with van der Waals surface area (Å²) in [6.07, 6.45) is 5.96. The van der Waals surface area contributed by atoms with Gasteiger partial charge in [0.15, 0.2) is 9.84 Å². The molecule has 0 spiro atoms. The van der Waals surface area contributed by atoms with Crippen molar-refractivity contribution in [3.05, 3.63) is 0 Å². The van der Waals surface area contributed by atoms with E-state index in [1.165, 1.54) is 0 Å². The number of halogens is 1. The molecule has 0 aromatic heterocycles. The zero-order valence-electron chi connectivity index (χ0n) is 9.46. The van der Waals surface area contributed by atoms with Crippen molar-refractivity contribution in [3.8, 4) is 0 Å². The number of amides is 1. The maximum absolute atomic E-state index is 11.5. The third kappa shape index (κ3) is 4.29. The molecule has 0 atom stereocenters. The number of nitrogens with one attached hydrogen (secondary N) is 1. The van der Waals surface area contributed by atoms with E-state index in [0.29, 0.717) is 5.88 Å². The van der Waals surface area contributed by atoms with Crippen molar-refractivity contribution in [2.45, 2.75) is 37.6 Å². The summed E-state index contributed by atoms with van der Waals surface area (Å²) >= 11 is 5.89. The Balaban J connectivity index is 2.59. The second-order valence-corrected chi connectivity index (χ2v) is 7.00. The second kappa shape index (κ2) is 5.36. The van der Waals surface area contributed by atoms with Gasteiger partial charge in [-0.15, -0.1) is 11.6 Å². The number of alkyl halides is 1. The number of hydrogen-bond donors (Lipinski definition) is 1. The van der Waals surface area contributed by atoms with Gasteiger partial charge in [0.05, 0.1) is 5.54 Å². The molecule has 1 fully saturated rings. The first-order valence-corrected chi connectivity index (χ1v) is 8.01. The van der Waals surface area contributed by atoms with Crippen LogP contribution in [0, 0.1) is 0 Å². The second-order valence-electron chi connectivity index (χ2n) is 4.59. The summed E-state index contributed by atoms with van der Waals surface area (Å²) < 4.78 is 22.0. The van der Waals surface area contributed by atoms with E-state index < -0.39 is 21.5 Å². The molecule has 4 nitrogen and oxygen atoms in total. The Labute approximate surface area is 102 Å². The van der Waals surface area contributed by atoms with Crippen molar-refractivity contribution in [2.24, 2.45) is 0 Å². The van der Waals surface area contributed by atoms with Crippen LogP contribution in [0.25, 0.3) is 0 Å². The van der Waals surface area contributed by atoms with Gasteiger partial charge in [0.2, 0.25) is 5.91 Å². The van der Waals surface area contributed by atoms with Gasteiger partial charge in [0.1, 0.15) is 5.75 Å². The summed E-state index contributed by atoms with van der Waals surface area (Å²) in [4.78, 5) is 11.5. The monoisotopic (exact) mass is 267 g/mol. The van der Waals surface area contributed by atoms with Crippen LogP contribution in [0.4, 0.5) is 0 Å². The van der Waals surface area contributed by atoms with E-state index in [1.54, 1.807) is 0 Å². The molecule has 1 amide bonds. The highest BCUT2D eigenvalue weighted by molar-refractivity contribution is 7.91. The first-order chi connectivity index (χ1) is 7.37. The topological polar surface area (TPSA) is 63.2 Å². The van der Waals surface area contributed by atoms with Gasteiger partial charge in [-0.25, -0.2) is 8.42 Å². The summed E-state index contributed by atoms with van der Waals surface area (Å²) in [5.41, 5.74) is -0.387. The Kier molecular flexibility index (Phi) is 4.62. The molecule has 0 bridgehead atoms. The van der Waals surface area contributed by atoms with Crippen LogP contribution in [0.2, 0.25) is 0 Å². The number of rotatable bonds is 4. The molecule has 0 aromatic carbocycles. The van der Waals surface area contributed by atoms with Gasteiger partial charge in [0, 0.05) is 12.1 Å². The molecule has 6 heteroatoms. The minimum absolute atomic E-state index is 0.350. The van der Waals surface area contributed by atoms with E-state index in [-0.39, 0.29) is 5.54 Å². The van der Waals surface area contributed by atoms with Gasteiger partial charge in [-0.2, -0.15) is 0 Å². The molecule has 94 valence electrons. The summed E-state index contributed by atoms with van der Waals surface area (Å²) in [6, 6.07) is 0. The van der Waals surface area contributed by atoms with Crippen molar-refractivity contribution in [1.82, 2.24) is 5.32 Å². The molecule has 1 saturated carbocycles. The summed E-state index contributed by atoms with van der Waals surface area (Å²) in [5, 5.41) is 2.79. The van der Waals surface area contributed by atoms with E-state index >= 15 is 0 Å². The summed E-state index contributed by atoms with van der Waals surface area (Å²) in [6.45, 7) is 0.